The fourth-order valence-electron chi connectivity index (χ4n) is 3.02. The maximum Gasteiger partial charge on any atom is 0.191 e. The molecule has 2 aromatic rings. The predicted molar refractivity (Wildman–Crippen MR) is 128 cm³/mol. The van der Waals surface area contributed by atoms with Crippen LogP contribution in [0.25, 0.3) is 0 Å². The molecule has 1 aliphatic heterocycles. The third-order valence-electron chi connectivity index (χ3n) is 4.55. The number of morpholine rings is 1. The van der Waals surface area contributed by atoms with Crippen LogP contribution in [0, 0.1) is 0 Å². The molecule has 0 aliphatic carbocycles. The normalized spacial score (nSPS) is 17.2. The minimum absolute atomic E-state index is 0. The van der Waals surface area contributed by atoms with E-state index in [1.807, 2.05) is 17.5 Å². The van der Waals surface area contributed by atoms with Crippen molar-refractivity contribution in [2.75, 3.05) is 31.6 Å². The van der Waals surface area contributed by atoms with Crippen molar-refractivity contribution in [3.05, 3.63) is 45.8 Å². The standard InChI is InChI=1S/C20H29N5OS.HI/c1-4-17-6-7-18(27-17)13-24-20(21-3)23-12-16-5-8-19(22-11-16)25-9-10-26-15(2)14-25;/h5-8,11,15H,4,9-10,12-14H2,1-3H3,(H2,21,23,24);1H. The van der Waals surface area contributed by atoms with Crippen molar-refractivity contribution in [1.29, 1.82) is 0 Å². The zero-order valence-electron chi connectivity index (χ0n) is 16.8. The highest BCUT2D eigenvalue weighted by Crippen LogP contribution is 2.17. The van der Waals surface area contributed by atoms with Gasteiger partial charge in [-0.15, -0.1) is 35.3 Å². The van der Waals surface area contributed by atoms with Crippen LogP contribution in [0.1, 0.15) is 29.2 Å². The monoisotopic (exact) mass is 515 g/mol. The first-order valence-corrected chi connectivity index (χ1v) is 10.3. The molecule has 0 bridgehead atoms. The number of hydrogen-bond acceptors (Lipinski definition) is 5. The Labute approximate surface area is 188 Å². The number of nitrogens with one attached hydrogen (secondary N) is 2. The average Bonchev–Trinajstić information content (AvgIpc) is 3.17. The van der Waals surface area contributed by atoms with E-state index in [2.05, 4.69) is 63.6 Å². The fourth-order valence-corrected chi connectivity index (χ4v) is 3.92. The third kappa shape index (κ3) is 6.59. The Bertz CT molecular complexity index is 749. The van der Waals surface area contributed by atoms with E-state index in [1.54, 1.807) is 7.05 Å². The summed E-state index contributed by atoms with van der Waals surface area (Å²) in [6.45, 7) is 8.31. The Morgan fingerprint density at radius 1 is 1.25 bits per heavy atom. The molecule has 0 saturated carbocycles. The van der Waals surface area contributed by atoms with Gasteiger partial charge in [-0.05, 0) is 37.1 Å². The van der Waals surface area contributed by atoms with Gasteiger partial charge in [0.05, 0.1) is 19.3 Å². The summed E-state index contributed by atoms with van der Waals surface area (Å²) >= 11 is 1.85. The first kappa shape index (κ1) is 22.9. The van der Waals surface area contributed by atoms with E-state index in [0.29, 0.717) is 6.54 Å². The van der Waals surface area contributed by atoms with Crippen LogP contribution in [0.2, 0.25) is 0 Å². The number of rotatable bonds is 6. The molecule has 3 heterocycles. The van der Waals surface area contributed by atoms with E-state index in [1.165, 1.54) is 9.75 Å². The lowest BCUT2D eigenvalue weighted by Gasteiger charge is -2.32. The van der Waals surface area contributed by atoms with Gasteiger partial charge in [0, 0.05) is 42.6 Å². The topological polar surface area (TPSA) is 61.8 Å². The summed E-state index contributed by atoms with van der Waals surface area (Å²) in [4.78, 5) is 13.9. The Hall–Kier alpha value is -1.39. The van der Waals surface area contributed by atoms with Crippen molar-refractivity contribution in [3.63, 3.8) is 0 Å². The highest BCUT2D eigenvalue weighted by molar-refractivity contribution is 14.0. The number of pyridine rings is 1. The Morgan fingerprint density at radius 3 is 2.68 bits per heavy atom. The van der Waals surface area contributed by atoms with Crippen LogP contribution in [0.4, 0.5) is 5.82 Å². The lowest BCUT2D eigenvalue weighted by molar-refractivity contribution is 0.0529. The number of aromatic nitrogens is 1. The Morgan fingerprint density at radius 2 is 2.04 bits per heavy atom. The molecule has 0 radical (unpaired) electrons. The first-order chi connectivity index (χ1) is 13.2. The summed E-state index contributed by atoms with van der Waals surface area (Å²) in [5.74, 6) is 1.81. The molecule has 1 fully saturated rings. The summed E-state index contributed by atoms with van der Waals surface area (Å²) in [6, 6.07) is 8.58. The maximum atomic E-state index is 5.59. The molecule has 28 heavy (non-hydrogen) atoms. The number of guanidine groups is 1. The number of anilines is 1. The van der Waals surface area contributed by atoms with Gasteiger partial charge in [0.15, 0.2) is 5.96 Å². The van der Waals surface area contributed by atoms with Gasteiger partial charge in [-0.3, -0.25) is 4.99 Å². The van der Waals surface area contributed by atoms with Crippen LogP contribution >= 0.6 is 35.3 Å². The molecular weight excluding hydrogens is 485 g/mol. The SMILES string of the molecule is CCc1ccc(CNC(=NC)NCc2ccc(N3CCOC(C)C3)nc2)s1.I. The maximum absolute atomic E-state index is 5.59. The molecule has 0 amide bonds. The van der Waals surface area contributed by atoms with Crippen LogP contribution in [0.3, 0.4) is 0 Å². The van der Waals surface area contributed by atoms with Gasteiger partial charge >= 0.3 is 0 Å². The smallest absolute Gasteiger partial charge is 0.191 e. The highest BCUT2D eigenvalue weighted by atomic mass is 127. The minimum atomic E-state index is 0. The number of hydrogen-bond donors (Lipinski definition) is 2. The van der Waals surface area contributed by atoms with Gasteiger partial charge in [0.2, 0.25) is 0 Å². The van der Waals surface area contributed by atoms with E-state index in [9.17, 15) is 0 Å². The van der Waals surface area contributed by atoms with Crippen LogP contribution in [0.5, 0.6) is 0 Å². The van der Waals surface area contributed by atoms with E-state index < -0.39 is 0 Å². The largest absolute Gasteiger partial charge is 0.375 e. The Balaban J connectivity index is 0.00000280. The molecule has 1 aliphatic rings. The van der Waals surface area contributed by atoms with Crippen molar-refractivity contribution in [2.24, 2.45) is 4.99 Å². The predicted octanol–water partition coefficient (Wildman–Crippen LogP) is 3.41. The van der Waals surface area contributed by atoms with Gasteiger partial charge in [-0.2, -0.15) is 0 Å². The van der Waals surface area contributed by atoms with E-state index >= 15 is 0 Å². The molecule has 154 valence electrons. The number of ether oxygens (including phenoxy) is 1. The van der Waals surface area contributed by atoms with Crippen molar-refractivity contribution in [2.45, 2.75) is 39.5 Å². The van der Waals surface area contributed by atoms with Crippen molar-refractivity contribution >= 4 is 47.1 Å². The number of halogens is 1. The summed E-state index contributed by atoms with van der Waals surface area (Å²) in [5, 5.41) is 6.72. The lowest BCUT2D eigenvalue weighted by atomic mass is 10.2. The van der Waals surface area contributed by atoms with Gasteiger partial charge in [-0.1, -0.05) is 13.0 Å². The van der Waals surface area contributed by atoms with E-state index in [4.69, 9.17) is 4.74 Å². The average molecular weight is 515 g/mol. The van der Waals surface area contributed by atoms with Crippen LogP contribution < -0.4 is 15.5 Å². The number of aryl methyl sites for hydroxylation is 1. The number of aliphatic imine (C=N–C) groups is 1. The molecular formula is C20H30IN5OS. The molecule has 1 atom stereocenters. The second kappa shape index (κ2) is 11.6. The number of thiophene rings is 1. The minimum Gasteiger partial charge on any atom is -0.375 e. The number of nitrogens with zero attached hydrogens (tertiary/aromatic N) is 3. The van der Waals surface area contributed by atoms with Crippen molar-refractivity contribution in [1.82, 2.24) is 15.6 Å². The molecule has 2 aromatic heterocycles. The summed E-state index contributed by atoms with van der Waals surface area (Å²) in [7, 11) is 1.79. The van der Waals surface area contributed by atoms with Gasteiger partial charge in [0.1, 0.15) is 5.82 Å². The first-order valence-electron chi connectivity index (χ1n) is 9.51. The summed E-state index contributed by atoms with van der Waals surface area (Å²) in [6.07, 6.45) is 3.28. The summed E-state index contributed by atoms with van der Waals surface area (Å²) < 4.78 is 5.59. The zero-order chi connectivity index (χ0) is 19.1. The van der Waals surface area contributed by atoms with Gasteiger partial charge in [-0.25, -0.2) is 4.98 Å². The zero-order valence-corrected chi connectivity index (χ0v) is 19.9. The quantitative estimate of drug-likeness (QED) is 0.351. The van der Waals surface area contributed by atoms with Crippen LogP contribution in [-0.2, 0) is 24.2 Å². The van der Waals surface area contributed by atoms with Crippen LogP contribution in [0.15, 0.2) is 35.5 Å². The highest BCUT2D eigenvalue weighted by Gasteiger charge is 2.17. The molecule has 1 saturated heterocycles. The molecule has 3 rings (SSSR count). The van der Waals surface area contributed by atoms with Gasteiger partial charge < -0.3 is 20.3 Å². The third-order valence-corrected chi connectivity index (χ3v) is 5.78. The molecule has 1 unspecified atom stereocenters. The van der Waals surface area contributed by atoms with E-state index in [0.717, 1.165) is 50.0 Å². The molecule has 2 N–H and O–H groups in total. The lowest BCUT2D eigenvalue weighted by Crippen LogP contribution is -2.41. The molecule has 0 spiro atoms. The Kier molecular flexibility index (Phi) is 9.46. The summed E-state index contributed by atoms with van der Waals surface area (Å²) in [5.41, 5.74) is 1.13. The molecule has 0 aromatic carbocycles. The second-order valence-corrected chi connectivity index (χ2v) is 7.91. The molecule has 8 heteroatoms. The molecule has 6 nitrogen and oxygen atoms in total. The van der Waals surface area contributed by atoms with E-state index in [-0.39, 0.29) is 30.1 Å². The second-order valence-electron chi connectivity index (χ2n) is 6.65. The fraction of sp³-hybridized carbons (Fsp3) is 0.500. The van der Waals surface area contributed by atoms with Crippen molar-refractivity contribution < 1.29 is 4.74 Å². The van der Waals surface area contributed by atoms with Crippen molar-refractivity contribution in [3.8, 4) is 0 Å². The van der Waals surface area contributed by atoms with Gasteiger partial charge in [0.25, 0.3) is 0 Å². The van der Waals surface area contributed by atoms with Crippen LogP contribution in [-0.4, -0.2) is 43.8 Å².